The maximum absolute atomic E-state index is 12.0. The molecule has 118 valence electrons. The quantitative estimate of drug-likeness (QED) is 0.723. The van der Waals surface area contributed by atoms with Crippen LogP contribution in [-0.2, 0) is 4.74 Å². The van der Waals surface area contributed by atoms with Crippen LogP contribution in [0.2, 0.25) is 0 Å². The van der Waals surface area contributed by atoms with Crippen LogP contribution in [-0.4, -0.2) is 34.7 Å². The second-order valence-electron chi connectivity index (χ2n) is 6.15. The molecule has 1 aliphatic heterocycles. The fourth-order valence-electron chi connectivity index (χ4n) is 2.22. The van der Waals surface area contributed by atoms with E-state index in [4.69, 9.17) is 27.9 Å². The Morgan fingerprint density at radius 3 is 2.52 bits per heavy atom. The second kappa shape index (κ2) is 6.71. The number of likely N-dealkylation sites (tertiary alicyclic amines) is 1. The van der Waals surface area contributed by atoms with Gasteiger partial charge in [0.1, 0.15) is 10.4 Å². The topological polar surface area (TPSA) is 42.4 Å². The van der Waals surface area contributed by atoms with E-state index in [-0.39, 0.29) is 6.09 Å². The fourth-order valence-corrected chi connectivity index (χ4v) is 3.61. The van der Waals surface area contributed by atoms with Crippen LogP contribution in [0, 0.1) is 0 Å². The molecule has 0 aliphatic carbocycles. The highest BCUT2D eigenvalue weighted by atomic mass is 35.5. The Kier molecular flexibility index (Phi) is 5.38. The lowest BCUT2D eigenvalue weighted by Gasteiger charge is -2.32. The second-order valence-corrected chi connectivity index (χ2v) is 8.14. The SMILES string of the molecule is CC(C)(C)OC(=O)N1CCC(c2nc(C(Cl)Cl)cs2)CC1. The van der Waals surface area contributed by atoms with Crippen molar-refractivity contribution in [3.63, 3.8) is 0 Å². The summed E-state index contributed by atoms with van der Waals surface area (Å²) in [6, 6.07) is 0. The minimum atomic E-state index is -0.572. The largest absolute Gasteiger partial charge is 0.444 e. The lowest BCUT2D eigenvalue weighted by molar-refractivity contribution is 0.0205. The van der Waals surface area contributed by atoms with Crippen LogP contribution < -0.4 is 0 Å². The molecule has 1 fully saturated rings. The highest BCUT2D eigenvalue weighted by molar-refractivity contribution is 7.09. The van der Waals surface area contributed by atoms with Crippen molar-refractivity contribution in [1.82, 2.24) is 9.88 Å². The third kappa shape index (κ3) is 4.73. The van der Waals surface area contributed by atoms with E-state index in [1.807, 2.05) is 26.2 Å². The molecule has 0 bridgehead atoms. The molecule has 0 saturated carbocycles. The first kappa shape index (κ1) is 16.8. The molecule has 0 N–H and O–H groups in total. The van der Waals surface area contributed by atoms with Crippen LogP contribution in [0.1, 0.15) is 55.1 Å². The van der Waals surface area contributed by atoms with Gasteiger partial charge >= 0.3 is 6.09 Å². The fraction of sp³-hybridized carbons (Fsp3) is 0.714. The average molecular weight is 351 g/mol. The Bertz CT molecular complexity index is 491. The molecule has 1 aliphatic rings. The lowest BCUT2D eigenvalue weighted by atomic mass is 9.98. The molecule has 0 atom stereocenters. The normalized spacial score (nSPS) is 17.3. The molecular formula is C14H20Cl2N2O2S. The first-order valence-electron chi connectivity index (χ1n) is 6.97. The summed E-state index contributed by atoms with van der Waals surface area (Å²) in [6.07, 6.45) is 1.55. The van der Waals surface area contributed by atoms with E-state index >= 15 is 0 Å². The minimum absolute atomic E-state index is 0.234. The van der Waals surface area contributed by atoms with E-state index in [9.17, 15) is 4.79 Å². The molecule has 1 aromatic heterocycles. The number of thiazole rings is 1. The zero-order valence-electron chi connectivity index (χ0n) is 12.4. The molecule has 2 heterocycles. The number of aromatic nitrogens is 1. The number of amides is 1. The van der Waals surface area contributed by atoms with Gasteiger partial charge in [0.05, 0.1) is 10.7 Å². The van der Waals surface area contributed by atoms with Gasteiger partial charge in [0.25, 0.3) is 0 Å². The van der Waals surface area contributed by atoms with Crippen molar-refractivity contribution in [3.8, 4) is 0 Å². The van der Waals surface area contributed by atoms with Crippen LogP contribution >= 0.6 is 34.5 Å². The van der Waals surface area contributed by atoms with Crippen molar-refractivity contribution in [1.29, 1.82) is 0 Å². The molecule has 1 aromatic rings. The highest BCUT2D eigenvalue weighted by Gasteiger charge is 2.28. The third-order valence-electron chi connectivity index (χ3n) is 3.26. The van der Waals surface area contributed by atoms with E-state index in [2.05, 4.69) is 4.98 Å². The average Bonchev–Trinajstić information content (AvgIpc) is 2.86. The molecule has 21 heavy (non-hydrogen) atoms. The number of carbonyl (C=O) groups excluding carboxylic acids is 1. The minimum Gasteiger partial charge on any atom is -0.444 e. The summed E-state index contributed by atoms with van der Waals surface area (Å²) in [6.45, 7) is 7.02. The maximum atomic E-state index is 12.0. The predicted octanol–water partition coefficient (Wildman–Crippen LogP) is 4.73. The highest BCUT2D eigenvalue weighted by Crippen LogP contribution is 2.34. The monoisotopic (exact) mass is 350 g/mol. The van der Waals surface area contributed by atoms with Gasteiger partial charge in [-0.1, -0.05) is 23.2 Å². The number of alkyl halides is 2. The van der Waals surface area contributed by atoms with E-state index in [0.717, 1.165) is 17.8 Å². The van der Waals surface area contributed by atoms with E-state index < -0.39 is 10.4 Å². The van der Waals surface area contributed by atoms with Crippen LogP contribution in [0.4, 0.5) is 4.79 Å². The summed E-state index contributed by atoms with van der Waals surface area (Å²) >= 11 is 13.2. The van der Waals surface area contributed by atoms with Crippen LogP contribution in [0.3, 0.4) is 0 Å². The molecule has 0 spiro atoms. The molecule has 1 saturated heterocycles. The van der Waals surface area contributed by atoms with Crippen molar-refractivity contribution < 1.29 is 9.53 Å². The number of hydrogen-bond donors (Lipinski definition) is 0. The van der Waals surface area contributed by atoms with Gasteiger partial charge in [-0.05, 0) is 33.6 Å². The van der Waals surface area contributed by atoms with Gasteiger partial charge in [0.2, 0.25) is 0 Å². The lowest BCUT2D eigenvalue weighted by Crippen LogP contribution is -2.41. The van der Waals surface area contributed by atoms with Crippen molar-refractivity contribution in [3.05, 3.63) is 16.1 Å². The summed E-state index contributed by atoms with van der Waals surface area (Å²) < 4.78 is 5.39. The summed E-state index contributed by atoms with van der Waals surface area (Å²) in [5.74, 6) is 0.370. The number of hydrogen-bond acceptors (Lipinski definition) is 4. The third-order valence-corrected chi connectivity index (χ3v) is 4.73. The van der Waals surface area contributed by atoms with Crippen molar-refractivity contribution in [2.75, 3.05) is 13.1 Å². The number of nitrogens with zero attached hydrogens (tertiary/aromatic N) is 2. The van der Waals surface area contributed by atoms with Crippen LogP contribution in [0.15, 0.2) is 5.38 Å². The number of carbonyl (C=O) groups is 1. The zero-order valence-corrected chi connectivity index (χ0v) is 14.8. The molecule has 2 rings (SSSR count). The van der Waals surface area contributed by atoms with Gasteiger partial charge in [-0.25, -0.2) is 9.78 Å². The summed E-state index contributed by atoms with van der Waals surface area (Å²) in [4.78, 5) is 17.7. The molecule has 0 aromatic carbocycles. The van der Waals surface area contributed by atoms with Gasteiger partial charge in [-0.3, -0.25) is 0 Å². The number of ether oxygens (including phenoxy) is 1. The van der Waals surface area contributed by atoms with Crippen molar-refractivity contribution in [2.24, 2.45) is 0 Å². The summed E-state index contributed by atoms with van der Waals surface area (Å²) in [5, 5.41) is 2.96. The maximum Gasteiger partial charge on any atom is 0.410 e. The molecule has 1 amide bonds. The van der Waals surface area contributed by atoms with E-state index in [0.29, 0.717) is 24.7 Å². The van der Waals surface area contributed by atoms with Gasteiger partial charge in [-0.15, -0.1) is 11.3 Å². The van der Waals surface area contributed by atoms with Gasteiger partial charge < -0.3 is 9.64 Å². The van der Waals surface area contributed by atoms with Gasteiger partial charge in [-0.2, -0.15) is 0 Å². The van der Waals surface area contributed by atoms with Gasteiger partial charge in [0.15, 0.2) is 0 Å². The first-order chi connectivity index (χ1) is 9.76. The van der Waals surface area contributed by atoms with Gasteiger partial charge in [0, 0.05) is 24.4 Å². The van der Waals surface area contributed by atoms with Crippen molar-refractivity contribution in [2.45, 2.75) is 50.0 Å². The van der Waals surface area contributed by atoms with Crippen LogP contribution in [0.5, 0.6) is 0 Å². The van der Waals surface area contributed by atoms with Crippen LogP contribution in [0.25, 0.3) is 0 Å². The molecule has 0 unspecified atom stereocenters. The Hall–Kier alpha value is -0.520. The molecular weight excluding hydrogens is 331 g/mol. The van der Waals surface area contributed by atoms with E-state index in [1.54, 1.807) is 16.2 Å². The molecule has 0 radical (unpaired) electrons. The Morgan fingerprint density at radius 1 is 1.43 bits per heavy atom. The predicted molar refractivity (Wildman–Crippen MR) is 86.3 cm³/mol. The molecule has 7 heteroatoms. The standard InChI is InChI=1S/C14H20Cl2N2O2S/c1-14(2,3)20-13(19)18-6-4-9(5-7-18)12-17-10(8-21-12)11(15)16/h8-9,11H,4-7H2,1-3H3. The van der Waals surface area contributed by atoms with E-state index in [1.165, 1.54) is 0 Å². The Morgan fingerprint density at radius 2 is 2.05 bits per heavy atom. The summed E-state index contributed by atoms with van der Waals surface area (Å²) in [7, 11) is 0. The molecule has 4 nitrogen and oxygen atoms in total. The summed E-state index contributed by atoms with van der Waals surface area (Å²) in [5.41, 5.74) is 0.265. The Labute approximate surface area is 139 Å². The first-order valence-corrected chi connectivity index (χ1v) is 8.73. The smallest absolute Gasteiger partial charge is 0.410 e. The number of rotatable bonds is 2. The number of halogens is 2. The Balaban J connectivity index is 1.89. The van der Waals surface area contributed by atoms with Crippen molar-refractivity contribution >= 4 is 40.6 Å². The number of piperidine rings is 1. The zero-order chi connectivity index (χ0) is 15.6.